The normalized spacial score (nSPS) is 14.9. The lowest BCUT2D eigenvalue weighted by Gasteiger charge is -2.34. The van der Waals surface area contributed by atoms with Crippen LogP contribution in [0.2, 0.25) is 0 Å². The first-order valence-corrected chi connectivity index (χ1v) is 8.05. The largest absolute Gasteiger partial charge is 0.327 e. The average molecular weight is 395 g/mol. The Balaban J connectivity index is 1.75. The van der Waals surface area contributed by atoms with Crippen molar-refractivity contribution in [2.45, 2.75) is 0 Å². The number of rotatable bonds is 2. The number of benzene rings is 2. The van der Waals surface area contributed by atoms with Crippen LogP contribution in [0.4, 0.5) is 14.5 Å². The molecule has 3 rings (SSSR count). The third-order valence-corrected chi connectivity index (χ3v) is 4.28. The number of nitrogens with zero attached hydrogens (tertiary/aromatic N) is 2. The Morgan fingerprint density at radius 3 is 2.54 bits per heavy atom. The molecule has 4 nitrogen and oxygen atoms in total. The second-order valence-corrected chi connectivity index (χ2v) is 6.29. The summed E-state index contributed by atoms with van der Waals surface area (Å²) in [6.07, 6.45) is 0. The van der Waals surface area contributed by atoms with Crippen LogP contribution in [-0.2, 0) is 4.79 Å². The van der Waals surface area contributed by atoms with Crippen molar-refractivity contribution in [2.24, 2.45) is 0 Å². The van der Waals surface area contributed by atoms with Crippen molar-refractivity contribution < 1.29 is 18.4 Å². The van der Waals surface area contributed by atoms with Crippen LogP contribution in [0.25, 0.3) is 0 Å². The summed E-state index contributed by atoms with van der Waals surface area (Å²) in [7, 11) is 0. The van der Waals surface area contributed by atoms with Gasteiger partial charge in [0.25, 0.3) is 5.91 Å². The van der Waals surface area contributed by atoms with Crippen molar-refractivity contribution in [1.82, 2.24) is 4.90 Å². The van der Waals surface area contributed by atoms with Crippen molar-refractivity contribution in [2.75, 3.05) is 24.5 Å². The van der Waals surface area contributed by atoms with Crippen molar-refractivity contribution in [3.8, 4) is 0 Å². The highest BCUT2D eigenvalue weighted by atomic mass is 79.9. The van der Waals surface area contributed by atoms with E-state index >= 15 is 0 Å². The highest BCUT2D eigenvalue weighted by molar-refractivity contribution is 9.10. The van der Waals surface area contributed by atoms with Gasteiger partial charge in [0.05, 0.1) is 5.56 Å². The molecule has 0 saturated carbocycles. The topological polar surface area (TPSA) is 40.6 Å². The zero-order valence-electron chi connectivity index (χ0n) is 12.5. The van der Waals surface area contributed by atoms with Gasteiger partial charge in [-0.2, -0.15) is 0 Å². The van der Waals surface area contributed by atoms with Crippen LogP contribution in [0.1, 0.15) is 10.4 Å². The van der Waals surface area contributed by atoms with Gasteiger partial charge in [0, 0.05) is 23.2 Å². The Labute approximate surface area is 145 Å². The molecular weight excluding hydrogens is 382 g/mol. The van der Waals surface area contributed by atoms with Crippen LogP contribution >= 0.6 is 15.9 Å². The maximum Gasteiger partial charge on any atom is 0.257 e. The van der Waals surface area contributed by atoms with Crippen molar-refractivity contribution in [3.05, 3.63) is 64.1 Å². The van der Waals surface area contributed by atoms with Gasteiger partial charge in [-0.3, -0.25) is 9.59 Å². The highest BCUT2D eigenvalue weighted by Crippen LogP contribution is 2.21. The molecule has 1 saturated heterocycles. The summed E-state index contributed by atoms with van der Waals surface area (Å²) in [5.41, 5.74) is 0.368. The minimum Gasteiger partial charge on any atom is -0.327 e. The molecule has 0 unspecified atom stereocenters. The minimum absolute atomic E-state index is 0.0785. The highest BCUT2D eigenvalue weighted by Gasteiger charge is 2.29. The second kappa shape index (κ2) is 6.68. The SMILES string of the molecule is O=C(c1ccc(Br)cc1F)N1CCN(c2cccc(F)c2)C(=O)C1. The quantitative estimate of drug-likeness (QED) is 0.784. The van der Waals surface area contributed by atoms with E-state index in [1.165, 1.54) is 40.1 Å². The molecule has 2 aromatic rings. The van der Waals surface area contributed by atoms with Gasteiger partial charge in [0.15, 0.2) is 0 Å². The van der Waals surface area contributed by atoms with E-state index in [0.717, 1.165) is 0 Å². The summed E-state index contributed by atoms with van der Waals surface area (Å²) < 4.78 is 27.8. The van der Waals surface area contributed by atoms with E-state index in [1.807, 2.05) is 0 Å². The number of carbonyl (C=O) groups excluding carboxylic acids is 2. The van der Waals surface area contributed by atoms with Gasteiger partial charge in [-0.05, 0) is 36.4 Å². The molecule has 2 aromatic carbocycles. The Morgan fingerprint density at radius 2 is 1.88 bits per heavy atom. The average Bonchev–Trinajstić information content (AvgIpc) is 2.54. The molecule has 0 radical (unpaired) electrons. The van der Waals surface area contributed by atoms with E-state index in [4.69, 9.17) is 0 Å². The number of amides is 2. The minimum atomic E-state index is -0.644. The molecular formula is C17H13BrF2N2O2. The smallest absolute Gasteiger partial charge is 0.257 e. The van der Waals surface area contributed by atoms with Gasteiger partial charge < -0.3 is 9.80 Å². The summed E-state index contributed by atoms with van der Waals surface area (Å²) in [4.78, 5) is 27.4. The molecule has 1 heterocycles. The fraction of sp³-hybridized carbons (Fsp3) is 0.176. The van der Waals surface area contributed by atoms with Crippen LogP contribution < -0.4 is 4.90 Å². The lowest BCUT2D eigenvalue weighted by molar-refractivity contribution is -0.120. The van der Waals surface area contributed by atoms with Crippen LogP contribution in [0.3, 0.4) is 0 Å². The summed E-state index contributed by atoms with van der Waals surface area (Å²) in [6.45, 7) is 0.299. The first-order chi connectivity index (χ1) is 11.5. The molecule has 24 heavy (non-hydrogen) atoms. The van der Waals surface area contributed by atoms with E-state index in [9.17, 15) is 18.4 Å². The Hall–Kier alpha value is -2.28. The van der Waals surface area contributed by atoms with Crippen LogP contribution in [-0.4, -0.2) is 36.3 Å². The Bertz CT molecular complexity index is 813. The molecule has 124 valence electrons. The third kappa shape index (κ3) is 3.31. The van der Waals surface area contributed by atoms with Gasteiger partial charge >= 0.3 is 0 Å². The predicted molar refractivity (Wildman–Crippen MR) is 88.8 cm³/mol. The number of halogens is 3. The summed E-state index contributed by atoms with van der Waals surface area (Å²) in [5, 5.41) is 0. The summed E-state index contributed by atoms with van der Waals surface area (Å²) >= 11 is 3.13. The van der Waals surface area contributed by atoms with Gasteiger partial charge in [-0.25, -0.2) is 8.78 Å². The monoisotopic (exact) mass is 394 g/mol. The molecule has 1 aliphatic heterocycles. The molecule has 7 heteroatoms. The first kappa shape index (κ1) is 16.6. The molecule has 0 spiro atoms. The third-order valence-electron chi connectivity index (χ3n) is 3.79. The number of hydrogen-bond acceptors (Lipinski definition) is 2. The Kier molecular flexibility index (Phi) is 4.62. The zero-order chi connectivity index (χ0) is 17.3. The van der Waals surface area contributed by atoms with Gasteiger partial charge in [0.1, 0.15) is 18.2 Å². The molecule has 0 aromatic heterocycles. The van der Waals surface area contributed by atoms with E-state index in [1.54, 1.807) is 12.1 Å². The van der Waals surface area contributed by atoms with Crippen LogP contribution in [0, 0.1) is 11.6 Å². The van der Waals surface area contributed by atoms with Gasteiger partial charge in [-0.15, -0.1) is 0 Å². The molecule has 0 aliphatic carbocycles. The summed E-state index contributed by atoms with van der Waals surface area (Å²) in [6, 6.07) is 9.87. The van der Waals surface area contributed by atoms with Crippen molar-refractivity contribution in [3.63, 3.8) is 0 Å². The Morgan fingerprint density at radius 1 is 1.08 bits per heavy atom. The maximum atomic E-state index is 13.9. The van der Waals surface area contributed by atoms with Crippen LogP contribution in [0.5, 0.6) is 0 Å². The lowest BCUT2D eigenvalue weighted by Crippen LogP contribution is -2.52. The molecule has 0 N–H and O–H groups in total. The van der Waals surface area contributed by atoms with E-state index < -0.39 is 17.5 Å². The van der Waals surface area contributed by atoms with E-state index in [0.29, 0.717) is 10.2 Å². The standard InChI is InChI=1S/C17H13BrF2N2O2/c18-11-4-5-14(15(20)8-11)17(24)21-6-7-22(16(23)10-21)13-3-1-2-12(19)9-13/h1-5,8-9H,6-7,10H2. The van der Waals surface area contributed by atoms with Crippen molar-refractivity contribution >= 4 is 33.4 Å². The summed E-state index contributed by atoms with van der Waals surface area (Å²) in [5.74, 6) is -1.95. The molecule has 1 fully saturated rings. The fourth-order valence-electron chi connectivity index (χ4n) is 2.60. The van der Waals surface area contributed by atoms with Crippen molar-refractivity contribution in [1.29, 1.82) is 0 Å². The number of piperazine rings is 1. The zero-order valence-corrected chi connectivity index (χ0v) is 14.1. The van der Waals surface area contributed by atoms with E-state index in [-0.39, 0.29) is 31.1 Å². The first-order valence-electron chi connectivity index (χ1n) is 7.26. The number of anilines is 1. The predicted octanol–water partition coefficient (Wildman–Crippen LogP) is 3.22. The number of carbonyl (C=O) groups is 2. The lowest BCUT2D eigenvalue weighted by atomic mass is 10.1. The molecule has 0 bridgehead atoms. The molecule has 0 atom stereocenters. The maximum absolute atomic E-state index is 13.9. The molecule has 1 aliphatic rings. The molecule has 2 amide bonds. The van der Waals surface area contributed by atoms with E-state index in [2.05, 4.69) is 15.9 Å². The van der Waals surface area contributed by atoms with Crippen LogP contribution in [0.15, 0.2) is 46.9 Å². The fourth-order valence-corrected chi connectivity index (χ4v) is 2.93. The van der Waals surface area contributed by atoms with Gasteiger partial charge in [-0.1, -0.05) is 22.0 Å². The second-order valence-electron chi connectivity index (χ2n) is 5.38. The van der Waals surface area contributed by atoms with Gasteiger partial charge in [0.2, 0.25) is 5.91 Å². The number of hydrogen-bond donors (Lipinski definition) is 0.